The highest BCUT2D eigenvalue weighted by Gasteiger charge is 2.32. The van der Waals surface area contributed by atoms with Gasteiger partial charge in [-0.05, 0) is 18.6 Å². The Kier molecular flexibility index (Phi) is 5.12. The van der Waals surface area contributed by atoms with Crippen molar-refractivity contribution in [3.8, 4) is 11.5 Å². The van der Waals surface area contributed by atoms with Crippen molar-refractivity contribution in [2.45, 2.75) is 44.9 Å². The number of benzene rings is 2. The maximum atomic E-state index is 11.8. The SMILES string of the molecule is CCCCCC[C@H](C=O)C1c2ccccc2Oc2ccccc21. The lowest BCUT2D eigenvalue weighted by atomic mass is 9.77. The maximum Gasteiger partial charge on any atom is 0.131 e. The summed E-state index contributed by atoms with van der Waals surface area (Å²) >= 11 is 0. The second kappa shape index (κ2) is 7.45. The summed E-state index contributed by atoms with van der Waals surface area (Å²) < 4.78 is 6.03. The van der Waals surface area contributed by atoms with Gasteiger partial charge in [-0.2, -0.15) is 0 Å². The average molecular weight is 308 g/mol. The Morgan fingerprint density at radius 3 is 2.13 bits per heavy atom. The number of fused-ring (bicyclic) bond motifs is 2. The molecule has 120 valence electrons. The molecule has 0 bridgehead atoms. The van der Waals surface area contributed by atoms with E-state index in [0.29, 0.717) is 0 Å². The van der Waals surface area contributed by atoms with Gasteiger partial charge < -0.3 is 9.53 Å². The molecule has 1 atom stereocenters. The molecule has 0 aliphatic carbocycles. The average Bonchev–Trinajstić information content (AvgIpc) is 2.60. The molecule has 1 heterocycles. The van der Waals surface area contributed by atoms with E-state index in [4.69, 9.17) is 4.74 Å². The summed E-state index contributed by atoms with van der Waals surface area (Å²) in [6, 6.07) is 16.2. The van der Waals surface area contributed by atoms with Crippen molar-refractivity contribution < 1.29 is 9.53 Å². The fraction of sp³-hybridized carbons (Fsp3) is 0.381. The number of ether oxygens (including phenoxy) is 1. The summed E-state index contributed by atoms with van der Waals surface area (Å²) in [5, 5.41) is 0. The number of para-hydroxylation sites is 2. The highest BCUT2D eigenvalue weighted by atomic mass is 16.5. The van der Waals surface area contributed by atoms with E-state index in [2.05, 4.69) is 19.1 Å². The lowest BCUT2D eigenvalue weighted by molar-refractivity contribution is -0.111. The summed E-state index contributed by atoms with van der Waals surface area (Å²) in [5.74, 6) is 1.89. The Hall–Kier alpha value is -2.09. The van der Waals surface area contributed by atoms with Crippen molar-refractivity contribution in [1.82, 2.24) is 0 Å². The molecule has 0 unspecified atom stereocenters. The number of hydrogen-bond acceptors (Lipinski definition) is 2. The molecule has 0 N–H and O–H groups in total. The molecule has 0 saturated carbocycles. The number of rotatable bonds is 7. The van der Waals surface area contributed by atoms with E-state index in [1.807, 2.05) is 36.4 Å². The van der Waals surface area contributed by atoms with Gasteiger partial charge in [0.2, 0.25) is 0 Å². The molecule has 2 heteroatoms. The van der Waals surface area contributed by atoms with Gasteiger partial charge in [0.25, 0.3) is 0 Å². The zero-order chi connectivity index (χ0) is 16.1. The van der Waals surface area contributed by atoms with E-state index >= 15 is 0 Å². The summed E-state index contributed by atoms with van der Waals surface area (Å²) in [7, 11) is 0. The third kappa shape index (κ3) is 3.31. The fourth-order valence-electron chi connectivity index (χ4n) is 3.53. The predicted octanol–water partition coefficient (Wildman–Crippen LogP) is 5.71. The van der Waals surface area contributed by atoms with E-state index < -0.39 is 0 Å². The third-order valence-electron chi connectivity index (χ3n) is 4.72. The van der Waals surface area contributed by atoms with E-state index in [9.17, 15) is 4.79 Å². The molecular weight excluding hydrogens is 284 g/mol. The normalized spacial score (nSPS) is 14.5. The number of carbonyl (C=O) groups excluding carboxylic acids is 1. The highest BCUT2D eigenvalue weighted by molar-refractivity contribution is 5.63. The van der Waals surface area contributed by atoms with Crippen molar-refractivity contribution >= 4 is 6.29 Å². The fourth-order valence-corrected chi connectivity index (χ4v) is 3.53. The van der Waals surface area contributed by atoms with Crippen LogP contribution in [-0.2, 0) is 4.79 Å². The van der Waals surface area contributed by atoms with Crippen LogP contribution in [0.1, 0.15) is 56.1 Å². The quantitative estimate of drug-likeness (QED) is 0.484. The van der Waals surface area contributed by atoms with Crippen molar-refractivity contribution in [1.29, 1.82) is 0 Å². The van der Waals surface area contributed by atoms with Crippen molar-refractivity contribution in [3.05, 3.63) is 59.7 Å². The van der Waals surface area contributed by atoms with Crippen LogP contribution in [0.25, 0.3) is 0 Å². The van der Waals surface area contributed by atoms with Crippen LogP contribution >= 0.6 is 0 Å². The molecule has 0 fully saturated rings. The monoisotopic (exact) mass is 308 g/mol. The summed E-state index contributed by atoms with van der Waals surface area (Å²) in [4.78, 5) is 11.8. The van der Waals surface area contributed by atoms with Crippen molar-refractivity contribution in [3.63, 3.8) is 0 Å². The molecule has 23 heavy (non-hydrogen) atoms. The molecule has 0 aromatic heterocycles. The minimum atomic E-state index is 0.0121. The smallest absolute Gasteiger partial charge is 0.131 e. The van der Waals surface area contributed by atoms with E-state index in [-0.39, 0.29) is 11.8 Å². The Bertz CT molecular complexity index is 617. The summed E-state index contributed by atoms with van der Waals surface area (Å²) in [6.07, 6.45) is 6.86. The van der Waals surface area contributed by atoms with Gasteiger partial charge in [-0.3, -0.25) is 0 Å². The van der Waals surface area contributed by atoms with Crippen LogP contribution < -0.4 is 4.74 Å². The number of aldehydes is 1. The minimum absolute atomic E-state index is 0.0121. The maximum absolute atomic E-state index is 11.8. The molecule has 2 nitrogen and oxygen atoms in total. The van der Waals surface area contributed by atoms with Crippen LogP contribution in [0.4, 0.5) is 0 Å². The number of carbonyl (C=O) groups is 1. The second-order valence-corrected chi connectivity index (χ2v) is 6.30. The van der Waals surface area contributed by atoms with Crippen LogP contribution in [0.15, 0.2) is 48.5 Å². The minimum Gasteiger partial charge on any atom is -0.457 e. The largest absolute Gasteiger partial charge is 0.457 e. The van der Waals surface area contributed by atoms with Crippen molar-refractivity contribution in [2.75, 3.05) is 0 Å². The molecule has 1 aliphatic heterocycles. The zero-order valence-electron chi connectivity index (χ0n) is 13.7. The van der Waals surface area contributed by atoms with Gasteiger partial charge in [0.05, 0.1) is 0 Å². The topological polar surface area (TPSA) is 26.3 Å². The molecule has 2 aromatic rings. The first-order valence-corrected chi connectivity index (χ1v) is 8.66. The van der Waals surface area contributed by atoms with Gasteiger partial charge in [-0.1, -0.05) is 69.0 Å². The molecule has 2 aromatic carbocycles. The molecule has 3 rings (SSSR count). The second-order valence-electron chi connectivity index (χ2n) is 6.30. The molecule has 0 amide bonds. The highest BCUT2D eigenvalue weighted by Crippen LogP contribution is 2.47. The van der Waals surface area contributed by atoms with Crippen molar-refractivity contribution in [2.24, 2.45) is 5.92 Å². The van der Waals surface area contributed by atoms with Crippen LogP contribution in [0.3, 0.4) is 0 Å². The Balaban J connectivity index is 1.91. The van der Waals surface area contributed by atoms with E-state index in [1.54, 1.807) is 0 Å². The van der Waals surface area contributed by atoms with Gasteiger partial charge >= 0.3 is 0 Å². The number of hydrogen-bond donors (Lipinski definition) is 0. The molecule has 1 aliphatic rings. The van der Waals surface area contributed by atoms with Gasteiger partial charge in [0, 0.05) is 23.0 Å². The van der Waals surface area contributed by atoms with Gasteiger partial charge in [-0.25, -0.2) is 0 Å². The van der Waals surface area contributed by atoms with Crippen LogP contribution in [0.2, 0.25) is 0 Å². The standard InChI is InChI=1S/C21H24O2/c1-2-3-4-5-10-16(15-22)21-17-11-6-8-13-19(17)23-20-14-9-7-12-18(20)21/h6-9,11-16,21H,2-5,10H2,1H3/t16-/m1/s1. The summed E-state index contributed by atoms with van der Waals surface area (Å²) in [6.45, 7) is 2.21. The lowest BCUT2D eigenvalue weighted by Gasteiger charge is -2.31. The zero-order valence-corrected chi connectivity index (χ0v) is 13.7. The van der Waals surface area contributed by atoms with Gasteiger partial charge in [-0.15, -0.1) is 0 Å². The number of unbranched alkanes of at least 4 members (excludes halogenated alkanes) is 3. The van der Waals surface area contributed by atoms with Gasteiger partial charge in [0.1, 0.15) is 17.8 Å². The Labute approximate surface area is 138 Å². The van der Waals surface area contributed by atoms with Crippen LogP contribution in [0.5, 0.6) is 11.5 Å². The predicted molar refractivity (Wildman–Crippen MR) is 93.1 cm³/mol. The first-order valence-electron chi connectivity index (χ1n) is 8.66. The van der Waals surface area contributed by atoms with E-state index in [1.165, 1.54) is 19.3 Å². The molecular formula is C21H24O2. The Morgan fingerprint density at radius 2 is 1.57 bits per heavy atom. The third-order valence-corrected chi connectivity index (χ3v) is 4.72. The van der Waals surface area contributed by atoms with E-state index in [0.717, 1.165) is 41.8 Å². The summed E-state index contributed by atoms with van der Waals surface area (Å²) in [5.41, 5.74) is 2.28. The van der Waals surface area contributed by atoms with Gasteiger partial charge in [0.15, 0.2) is 0 Å². The molecule has 0 spiro atoms. The van der Waals surface area contributed by atoms with Crippen LogP contribution in [0, 0.1) is 5.92 Å². The first-order chi connectivity index (χ1) is 11.3. The Morgan fingerprint density at radius 1 is 0.957 bits per heavy atom. The lowest BCUT2D eigenvalue weighted by Crippen LogP contribution is -2.20. The molecule has 0 saturated heterocycles. The molecule has 0 radical (unpaired) electrons. The first kappa shape index (κ1) is 15.8. The van der Waals surface area contributed by atoms with Crippen LogP contribution in [-0.4, -0.2) is 6.29 Å².